The Morgan fingerprint density at radius 1 is 1.43 bits per heavy atom. The first-order valence-corrected chi connectivity index (χ1v) is 6.04. The van der Waals surface area contributed by atoms with Crippen molar-refractivity contribution in [2.75, 3.05) is 19.1 Å². The van der Waals surface area contributed by atoms with Crippen LogP contribution >= 0.6 is 0 Å². The number of ether oxygens (including phenoxy) is 1. The average Bonchev–Trinajstić information content (AvgIpc) is 2.45. The summed E-state index contributed by atoms with van der Waals surface area (Å²) in [5, 5.41) is 11.2. The van der Waals surface area contributed by atoms with Crippen molar-refractivity contribution in [2.45, 2.75) is 12.5 Å². The van der Waals surface area contributed by atoms with E-state index in [2.05, 4.69) is 5.32 Å². The highest BCUT2D eigenvalue weighted by atomic mass is 16.5. The van der Waals surface area contributed by atoms with Crippen LogP contribution in [0.4, 0.5) is 10.5 Å². The maximum absolute atomic E-state index is 12.0. The number of rotatable bonds is 6. The van der Waals surface area contributed by atoms with Crippen LogP contribution in [0.5, 0.6) is 5.75 Å². The van der Waals surface area contributed by atoms with Gasteiger partial charge in [-0.2, -0.15) is 0 Å². The second-order valence-corrected chi connectivity index (χ2v) is 4.27. The van der Waals surface area contributed by atoms with Crippen LogP contribution in [0.2, 0.25) is 0 Å². The molecule has 0 spiro atoms. The molecule has 1 rings (SSSR count). The molecule has 0 saturated carbocycles. The van der Waals surface area contributed by atoms with E-state index in [0.717, 1.165) is 0 Å². The van der Waals surface area contributed by atoms with E-state index in [1.54, 1.807) is 24.3 Å². The second-order valence-electron chi connectivity index (χ2n) is 4.27. The molecule has 8 heteroatoms. The molecule has 1 atom stereocenters. The lowest BCUT2D eigenvalue weighted by Gasteiger charge is -2.21. The summed E-state index contributed by atoms with van der Waals surface area (Å²) in [6.45, 7) is 0. The van der Waals surface area contributed by atoms with Crippen molar-refractivity contribution in [3.05, 3.63) is 24.3 Å². The summed E-state index contributed by atoms with van der Waals surface area (Å²) in [7, 11) is 2.96. The number of carboxylic acid groups (broad SMARTS) is 1. The van der Waals surface area contributed by atoms with Crippen LogP contribution in [0.3, 0.4) is 0 Å². The first kappa shape index (κ1) is 16.3. The van der Waals surface area contributed by atoms with Gasteiger partial charge in [-0.25, -0.2) is 9.59 Å². The average molecular weight is 295 g/mol. The number of amides is 3. The van der Waals surface area contributed by atoms with Gasteiger partial charge in [0, 0.05) is 18.8 Å². The highest BCUT2D eigenvalue weighted by Gasteiger charge is 2.24. The fraction of sp³-hybridized carbons (Fsp3) is 0.308. The molecule has 0 aromatic heterocycles. The summed E-state index contributed by atoms with van der Waals surface area (Å²) in [5.41, 5.74) is 5.46. The Hall–Kier alpha value is -2.77. The third-order valence-corrected chi connectivity index (χ3v) is 2.75. The molecule has 0 fully saturated rings. The monoisotopic (exact) mass is 295 g/mol. The molecule has 1 aromatic rings. The lowest BCUT2D eigenvalue weighted by atomic mass is 10.2. The van der Waals surface area contributed by atoms with Crippen LogP contribution < -0.4 is 20.7 Å². The molecule has 4 N–H and O–H groups in total. The SMILES string of the molecule is COc1cccc(N(C)C(=O)NC(CC(N)=O)C(=O)O)c1. The Morgan fingerprint density at radius 2 is 2.10 bits per heavy atom. The van der Waals surface area contributed by atoms with Crippen LogP contribution in [-0.2, 0) is 9.59 Å². The van der Waals surface area contributed by atoms with E-state index < -0.39 is 30.4 Å². The van der Waals surface area contributed by atoms with E-state index in [0.29, 0.717) is 11.4 Å². The van der Waals surface area contributed by atoms with Gasteiger partial charge in [0.1, 0.15) is 11.8 Å². The predicted octanol–water partition coefficient (Wildman–Crippen LogP) is 0.170. The first-order valence-electron chi connectivity index (χ1n) is 6.04. The fourth-order valence-corrected chi connectivity index (χ4v) is 1.58. The summed E-state index contributed by atoms with van der Waals surface area (Å²) >= 11 is 0. The van der Waals surface area contributed by atoms with Crippen molar-refractivity contribution >= 4 is 23.6 Å². The number of carboxylic acids is 1. The number of urea groups is 1. The van der Waals surface area contributed by atoms with Crippen molar-refractivity contribution in [3.63, 3.8) is 0 Å². The molecule has 8 nitrogen and oxygen atoms in total. The predicted molar refractivity (Wildman–Crippen MR) is 75.2 cm³/mol. The van der Waals surface area contributed by atoms with E-state index in [-0.39, 0.29) is 0 Å². The zero-order valence-electron chi connectivity index (χ0n) is 11.7. The van der Waals surface area contributed by atoms with Gasteiger partial charge >= 0.3 is 12.0 Å². The molecule has 0 bridgehead atoms. The second kappa shape index (κ2) is 7.13. The Balaban J connectivity index is 2.81. The maximum Gasteiger partial charge on any atom is 0.326 e. The molecule has 0 heterocycles. The fourth-order valence-electron chi connectivity index (χ4n) is 1.58. The van der Waals surface area contributed by atoms with Crippen molar-refractivity contribution in [1.82, 2.24) is 5.32 Å². The van der Waals surface area contributed by atoms with Crippen molar-refractivity contribution in [1.29, 1.82) is 0 Å². The summed E-state index contributed by atoms with van der Waals surface area (Å²) in [4.78, 5) is 35.0. The van der Waals surface area contributed by atoms with Crippen LogP contribution in [-0.4, -0.2) is 43.2 Å². The summed E-state index contributed by atoms with van der Waals surface area (Å²) < 4.78 is 5.04. The van der Waals surface area contributed by atoms with Crippen LogP contribution in [0.1, 0.15) is 6.42 Å². The smallest absolute Gasteiger partial charge is 0.326 e. The quantitative estimate of drug-likeness (QED) is 0.690. The number of nitrogens with two attached hydrogens (primary N) is 1. The maximum atomic E-state index is 12.0. The highest BCUT2D eigenvalue weighted by Crippen LogP contribution is 2.19. The third kappa shape index (κ3) is 4.68. The Labute approximate surface area is 121 Å². The highest BCUT2D eigenvalue weighted by molar-refractivity contribution is 5.95. The summed E-state index contributed by atoms with van der Waals surface area (Å²) in [6, 6.07) is 4.63. The molecule has 21 heavy (non-hydrogen) atoms. The molecule has 0 saturated heterocycles. The lowest BCUT2D eigenvalue weighted by Crippen LogP contribution is -2.48. The van der Waals surface area contributed by atoms with Gasteiger partial charge in [-0.05, 0) is 12.1 Å². The first-order chi connectivity index (χ1) is 9.85. The van der Waals surface area contributed by atoms with Crippen LogP contribution in [0.15, 0.2) is 24.3 Å². The Kier molecular flexibility index (Phi) is 5.53. The minimum absolute atomic E-state index is 0.479. The van der Waals surface area contributed by atoms with E-state index in [1.807, 2.05) is 0 Å². The van der Waals surface area contributed by atoms with E-state index in [9.17, 15) is 14.4 Å². The number of hydrogen-bond donors (Lipinski definition) is 3. The zero-order valence-corrected chi connectivity index (χ0v) is 11.7. The molecule has 3 amide bonds. The number of nitrogens with zero attached hydrogens (tertiary/aromatic N) is 1. The number of nitrogens with one attached hydrogen (secondary N) is 1. The van der Waals surface area contributed by atoms with E-state index >= 15 is 0 Å². The number of methoxy groups -OCH3 is 1. The normalized spacial score (nSPS) is 11.3. The number of hydrogen-bond acceptors (Lipinski definition) is 4. The van der Waals surface area contributed by atoms with Crippen LogP contribution in [0.25, 0.3) is 0 Å². The van der Waals surface area contributed by atoms with Crippen molar-refractivity contribution < 1.29 is 24.2 Å². The standard InChI is InChI=1S/C13H17N3O5/c1-16(8-4-3-5-9(6-8)21-2)13(20)15-10(12(18)19)7-11(14)17/h3-6,10H,7H2,1-2H3,(H2,14,17)(H,15,20)(H,18,19). The number of carbonyl (C=O) groups excluding carboxylic acids is 2. The topological polar surface area (TPSA) is 122 Å². The van der Waals surface area contributed by atoms with Crippen molar-refractivity contribution in [2.24, 2.45) is 5.73 Å². The van der Waals surface area contributed by atoms with E-state index in [4.69, 9.17) is 15.6 Å². The summed E-state index contributed by atoms with van der Waals surface area (Å²) in [6.07, 6.45) is -0.479. The molecular weight excluding hydrogens is 278 g/mol. The molecule has 114 valence electrons. The minimum Gasteiger partial charge on any atom is -0.497 e. The van der Waals surface area contributed by atoms with Gasteiger partial charge < -0.3 is 20.9 Å². The molecular formula is C13H17N3O5. The number of aliphatic carboxylic acids is 1. The zero-order chi connectivity index (χ0) is 16.0. The van der Waals surface area contributed by atoms with Gasteiger partial charge in [0.15, 0.2) is 0 Å². The molecule has 1 unspecified atom stereocenters. The number of anilines is 1. The number of benzene rings is 1. The van der Waals surface area contributed by atoms with Gasteiger partial charge in [-0.3, -0.25) is 9.69 Å². The van der Waals surface area contributed by atoms with Gasteiger partial charge in [-0.1, -0.05) is 6.07 Å². The largest absolute Gasteiger partial charge is 0.497 e. The van der Waals surface area contributed by atoms with E-state index in [1.165, 1.54) is 19.1 Å². The number of carbonyl (C=O) groups is 3. The third-order valence-electron chi connectivity index (χ3n) is 2.75. The molecule has 0 radical (unpaired) electrons. The van der Waals surface area contributed by atoms with Crippen molar-refractivity contribution in [3.8, 4) is 5.75 Å². The number of primary amides is 1. The molecule has 0 aliphatic rings. The lowest BCUT2D eigenvalue weighted by molar-refractivity contribution is -0.140. The Bertz CT molecular complexity index is 546. The van der Waals surface area contributed by atoms with Gasteiger partial charge in [-0.15, -0.1) is 0 Å². The van der Waals surface area contributed by atoms with Gasteiger partial charge in [0.05, 0.1) is 13.5 Å². The molecule has 0 aliphatic heterocycles. The molecule has 0 aliphatic carbocycles. The Morgan fingerprint density at radius 3 is 2.62 bits per heavy atom. The summed E-state index contributed by atoms with van der Waals surface area (Å²) in [5.74, 6) is -1.59. The van der Waals surface area contributed by atoms with Crippen LogP contribution in [0, 0.1) is 0 Å². The van der Waals surface area contributed by atoms with Gasteiger partial charge in [0.2, 0.25) is 5.91 Å². The molecule has 1 aromatic carbocycles. The minimum atomic E-state index is -1.37. The van der Waals surface area contributed by atoms with Gasteiger partial charge in [0.25, 0.3) is 0 Å².